The van der Waals surface area contributed by atoms with E-state index in [1.807, 2.05) is 11.6 Å². The van der Waals surface area contributed by atoms with Crippen molar-refractivity contribution in [2.24, 2.45) is 18.0 Å². The molecular weight excluding hydrogens is 278 g/mol. The Hall–Kier alpha value is -1.34. The fraction of sp³-hybridized carbons (Fsp3) is 0.692. The third-order valence-corrected chi connectivity index (χ3v) is 5.22. The molecule has 0 unspecified atom stereocenters. The van der Waals surface area contributed by atoms with Gasteiger partial charge in [0.25, 0.3) is 0 Å². The molecule has 2 heterocycles. The molecule has 20 heavy (non-hydrogen) atoms. The molecule has 0 aromatic carbocycles. The Balaban J connectivity index is 2.06. The van der Waals surface area contributed by atoms with Crippen molar-refractivity contribution in [3.05, 3.63) is 15.4 Å². The SMILES string of the molecule is CN=c1sc(CC2CCN(C(=O)O)CC2)c(CO)n1C. The first-order valence-electron chi connectivity index (χ1n) is 6.76. The summed E-state index contributed by atoms with van der Waals surface area (Å²) in [4.78, 5) is 18.7. The smallest absolute Gasteiger partial charge is 0.407 e. The van der Waals surface area contributed by atoms with Crippen molar-refractivity contribution in [1.82, 2.24) is 9.47 Å². The highest BCUT2D eigenvalue weighted by molar-refractivity contribution is 7.09. The van der Waals surface area contributed by atoms with Gasteiger partial charge >= 0.3 is 6.09 Å². The van der Waals surface area contributed by atoms with Gasteiger partial charge in [-0.15, -0.1) is 11.3 Å². The highest BCUT2D eigenvalue weighted by atomic mass is 32.1. The summed E-state index contributed by atoms with van der Waals surface area (Å²) in [5.74, 6) is 0.485. The van der Waals surface area contributed by atoms with Crippen molar-refractivity contribution in [3.63, 3.8) is 0 Å². The second kappa shape index (κ2) is 6.41. The van der Waals surface area contributed by atoms with E-state index in [1.54, 1.807) is 18.4 Å². The van der Waals surface area contributed by atoms with Crippen LogP contribution < -0.4 is 4.80 Å². The molecule has 2 rings (SSSR count). The van der Waals surface area contributed by atoms with Gasteiger partial charge in [-0.2, -0.15) is 0 Å². The van der Waals surface area contributed by atoms with Crippen LogP contribution in [0.25, 0.3) is 0 Å². The largest absolute Gasteiger partial charge is 0.465 e. The Kier molecular flexibility index (Phi) is 4.82. The Bertz CT molecular complexity index is 542. The summed E-state index contributed by atoms with van der Waals surface area (Å²) < 4.78 is 1.94. The number of nitrogens with zero attached hydrogens (tertiary/aromatic N) is 3. The van der Waals surface area contributed by atoms with Crippen molar-refractivity contribution in [1.29, 1.82) is 0 Å². The van der Waals surface area contributed by atoms with Gasteiger partial charge in [0.1, 0.15) is 0 Å². The summed E-state index contributed by atoms with van der Waals surface area (Å²) in [6, 6.07) is 0. The summed E-state index contributed by atoms with van der Waals surface area (Å²) in [5, 5.41) is 18.5. The monoisotopic (exact) mass is 299 g/mol. The number of likely N-dealkylation sites (tertiary alicyclic amines) is 1. The van der Waals surface area contributed by atoms with Crippen molar-refractivity contribution in [2.45, 2.75) is 25.9 Å². The number of piperidine rings is 1. The minimum Gasteiger partial charge on any atom is -0.465 e. The number of hydrogen-bond acceptors (Lipinski definition) is 4. The first kappa shape index (κ1) is 15.1. The number of hydrogen-bond donors (Lipinski definition) is 2. The van der Waals surface area contributed by atoms with Crippen molar-refractivity contribution >= 4 is 17.4 Å². The lowest BCUT2D eigenvalue weighted by atomic mass is 9.92. The van der Waals surface area contributed by atoms with E-state index in [2.05, 4.69) is 4.99 Å². The lowest BCUT2D eigenvalue weighted by Crippen LogP contribution is -2.37. The van der Waals surface area contributed by atoms with Gasteiger partial charge in [-0.05, 0) is 25.2 Å². The Morgan fingerprint density at radius 1 is 1.45 bits per heavy atom. The summed E-state index contributed by atoms with van der Waals surface area (Å²) in [6.45, 7) is 1.24. The van der Waals surface area contributed by atoms with Gasteiger partial charge in [0, 0.05) is 32.1 Å². The number of thiazole rings is 1. The van der Waals surface area contributed by atoms with Crippen molar-refractivity contribution < 1.29 is 15.0 Å². The number of aromatic nitrogens is 1. The fourth-order valence-corrected chi connectivity index (χ4v) is 3.88. The normalized spacial score (nSPS) is 17.8. The van der Waals surface area contributed by atoms with Gasteiger partial charge < -0.3 is 19.7 Å². The summed E-state index contributed by atoms with van der Waals surface area (Å²) >= 11 is 1.62. The molecule has 1 aliphatic heterocycles. The molecule has 1 saturated heterocycles. The van der Waals surface area contributed by atoms with E-state index < -0.39 is 6.09 Å². The molecule has 0 spiro atoms. The number of amides is 1. The Morgan fingerprint density at radius 2 is 2.10 bits per heavy atom. The van der Waals surface area contributed by atoms with Crippen LogP contribution in [0.3, 0.4) is 0 Å². The second-order valence-corrected chi connectivity index (χ2v) is 6.17. The lowest BCUT2D eigenvalue weighted by Gasteiger charge is -2.29. The van der Waals surface area contributed by atoms with Crippen molar-refractivity contribution in [2.75, 3.05) is 20.1 Å². The van der Waals surface area contributed by atoms with Gasteiger partial charge in [-0.3, -0.25) is 4.99 Å². The zero-order valence-corrected chi connectivity index (χ0v) is 12.7. The molecule has 6 nitrogen and oxygen atoms in total. The molecule has 0 aliphatic carbocycles. The van der Waals surface area contributed by atoms with Gasteiger partial charge in [0.05, 0.1) is 12.3 Å². The average Bonchev–Trinajstić information content (AvgIpc) is 2.74. The molecule has 7 heteroatoms. The maximum atomic E-state index is 10.9. The fourth-order valence-electron chi connectivity index (χ4n) is 2.68. The number of aliphatic hydroxyl groups is 1. The molecule has 0 saturated carbocycles. The zero-order valence-electron chi connectivity index (χ0n) is 11.9. The predicted octanol–water partition coefficient (Wildman–Crippen LogP) is 1.04. The first-order chi connectivity index (χ1) is 9.56. The van der Waals surface area contributed by atoms with Gasteiger partial charge in [-0.25, -0.2) is 4.79 Å². The van der Waals surface area contributed by atoms with E-state index in [9.17, 15) is 9.90 Å². The highest BCUT2D eigenvalue weighted by Crippen LogP contribution is 2.25. The summed E-state index contributed by atoms with van der Waals surface area (Å²) in [5.41, 5.74) is 0.927. The van der Waals surface area contributed by atoms with E-state index in [0.717, 1.165) is 29.8 Å². The highest BCUT2D eigenvalue weighted by Gasteiger charge is 2.24. The first-order valence-corrected chi connectivity index (χ1v) is 7.57. The molecule has 1 fully saturated rings. The van der Waals surface area contributed by atoms with Crippen LogP contribution in [-0.2, 0) is 20.1 Å². The Labute approximate surface area is 122 Å². The number of carbonyl (C=O) groups is 1. The maximum Gasteiger partial charge on any atom is 0.407 e. The number of carboxylic acid groups (broad SMARTS) is 1. The zero-order chi connectivity index (χ0) is 14.7. The van der Waals surface area contributed by atoms with Crippen LogP contribution in [0.2, 0.25) is 0 Å². The van der Waals surface area contributed by atoms with E-state index in [-0.39, 0.29) is 6.61 Å². The van der Waals surface area contributed by atoms with Gasteiger partial charge in [0.15, 0.2) is 4.80 Å². The minimum absolute atomic E-state index is 0.0197. The maximum absolute atomic E-state index is 10.9. The topological polar surface area (TPSA) is 78.1 Å². The molecule has 0 bridgehead atoms. The molecule has 1 aliphatic rings. The van der Waals surface area contributed by atoms with Crippen LogP contribution in [0.5, 0.6) is 0 Å². The van der Waals surface area contributed by atoms with E-state index in [1.165, 1.54) is 9.78 Å². The van der Waals surface area contributed by atoms with Crippen LogP contribution in [0, 0.1) is 5.92 Å². The van der Waals surface area contributed by atoms with Crippen LogP contribution in [0.15, 0.2) is 4.99 Å². The predicted molar refractivity (Wildman–Crippen MR) is 76.7 cm³/mol. The molecule has 0 atom stereocenters. The van der Waals surface area contributed by atoms with E-state index >= 15 is 0 Å². The Morgan fingerprint density at radius 3 is 2.60 bits per heavy atom. The molecule has 0 radical (unpaired) electrons. The van der Waals surface area contributed by atoms with Crippen LogP contribution in [0.1, 0.15) is 23.4 Å². The number of aliphatic hydroxyl groups excluding tert-OH is 1. The second-order valence-electron chi connectivity index (χ2n) is 5.11. The molecular formula is C13H21N3O3S. The lowest BCUT2D eigenvalue weighted by molar-refractivity contribution is 0.124. The standard InChI is InChI=1S/C13H21N3O3S/c1-14-12-15(2)10(8-17)11(20-12)7-9-3-5-16(6-4-9)13(18)19/h9,17H,3-8H2,1-2H3,(H,18,19). The van der Waals surface area contributed by atoms with Crippen molar-refractivity contribution in [3.8, 4) is 0 Å². The van der Waals surface area contributed by atoms with Gasteiger partial charge in [-0.1, -0.05) is 0 Å². The average molecular weight is 299 g/mol. The summed E-state index contributed by atoms with van der Waals surface area (Å²) in [7, 11) is 3.67. The van der Waals surface area contributed by atoms with E-state index in [4.69, 9.17) is 5.11 Å². The van der Waals surface area contributed by atoms with Crippen LogP contribution in [0.4, 0.5) is 4.79 Å². The quantitative estimate of drug-likeness (QED) is 0.875. The molecule has 2 N–H and O–H groups in total. The molecule has 1 amide bonds. The third kappa shape index (κ3) is 3.04. The van der Waals surface area contributed by atoms with Crippen LogP contribution >= 0.6 is 11.3 Å². The van der Waals surface area contributed by atoms with Crippen LogP contribution in [-0.4, -0.2) is 45.9 Å². The number of rotatable bonds is 3. The molecule has 112 valence electrons. The molecule has 1 aromatic heterocycles. The minimum atomic E-state index is -0.825. The summed E-state index contributed by atoms with van der Waals surface area (Å²) in [6.07, 6.45) is 1.85. The molecule has 1 aromatic rings. The van der Waals surface area contributed by atoms with E-state index in [0.29, 0.717) is 19.0 Å². The van der Waals surface area contributed by atoms with Gasteiger partial charge in [0.2, 0.25) is 0 Å². The third-order valence-electron chi connectivity index (χ3n) is 3.93.